The van der Waals surface area contributed by atoms with Crippen molar-refractivity contribution in [3.05, 3.63) is 158 Å². The molecule has 12 rings (SSSR count). The van der Waals surface area contributed by atoms with Crippen molar-refractivity contribution in [3.63, 3.8) is 0 Å². The molecule has 0 aliphatic carbocycles. The van der Waals surface area contributed by atoms with Crippen LogP contribution in [0.25, 0.3) is 110 Å². The third kappa shape index (κ3) is 3.25. The lowest BCUT2D eigenvalue weighted by atomic mass is 9.95. The lowest BCUT2D eigenvalue weighted by molar-refractivity contribution is 0.669. The van der Waals surface area contributed by atoms with E-state index in [0.717, 1.165) is 87.8 Å². The number of nitrogens with zero attached hydrogens (tertiary/aromatic N) is 2. The van der Waals surface area contributed by atoms with Gasteiger partial charge in [-0.15, -0.1) is 0 Å². The van der Waals surface area contributed by atoms with E-state index in [1.165, 1.54) is 21.8 Å². The Bertz CT molecular complexity index is 3320. The first-order valence-corrected chi connectivity index (χ1v) is 17.0. The van der Waals surface area contributed by atoms with E-state index >= 15 is 0 Å². The first-order valence-electron chi connectivity index (χ1n) is 17.0. The highest BCUT2D eigenvalue weighted by atomic mass is 16.3. The molecule has 0 fully saturated rings. The van der Waals surface area contributed by atoms with Crippen LogP contribution in [-0.4, -0.2) is 9.13 Å². The van der Waals surface area contributed by atoms with Crippen LogP contribution in [0.15, 0.2) is 167 Å². The van der Waals surface area contributed by atoms with Crippen LogP contribution in [0, 0.1) is 0 Å². The minimum Gasteiger partial charge on any atom is -0.456 e. The smallest absolute Gasteiger partial charge is 0.146 e. The van der Waals surface area contributed by atoms with Crippen LogP contribution in [0.4, 0.5) is 0 Å². The minimum atomic E-state index is 0.875. The predicted molar refractivity (Wildman–Crippen MR) is 207 cm³/mol. The zero-order valence-electron chi connectivity index (χ0n) is 26.7. The van der Waals surface area contributed by atoms with Crippen LogP contribution >= 0.6 is 0 Å². The Hall–Kier alpha value is -6.78. The first kappa shape index (κ1) is 26.2. The molecule has 0 atom stereocenters. The van der Waals surface area contributed by atoms with E-state index < -0.39 is 0 Å². The lowest BCUT2D eigenvalue weighted by Crippen LogP contribution is -1.96. The SMILES string of the molecule is c1ccc(-n2c3ccc(-n4c5ccccc5c5ccccc54)cc3c3c4oc5ccccc5c4c4c(ccc5oc6ccccc6c54)c32)cc1. The van der Waals surface area contributed by atoms with E-state index in [1.807, 2.05) is 6.07 Å². The van der Waals surface area contributed by atoms with Gasteiger partial charge in [-0.25, -0.2) is 0 Å². The van der Waals surface area contributed by atoms with Gasteiger partial charge < -0.3 is 18.0 Å². The molecule has 0 amide bonds. The maximum atomic E-state index is 6.99. The number of para-hydroxylation sites is 5. The number of rotatable bonds is 2. The summed E-state index contributed by atoms with van der Waals surface area (Å²) in [5.74, 6) is 0. The number of hydrogen-bond donors (Lipinski definition) is 0. The summed E-state index contributed by atoms with van der Waals surface area (Å²) in [7, 11) is 0. The average Bonchev–Trinajstić information content (AvgIpc) is 3.92. The Kier molecular flexibility index (Phi) is 4.94. The van der Waals surface area contributed by atoms with E-state index in [4.69, 9.17) is 8.83 Å². The van der Waals surface area contributed by atoms with E-state index in [2.05, 4.69) is 161 Å². The minimum absolute atomic E-state index is 0.875. The fraction of sp³-hybridized carbons (Fsp3) is 0. The monoisotopic (exact) mass is 638 g/mol. The van der Waals surface area contributed by atoms with Gasteiger partial charge in [-0.05, 0) is 66.7 Å². The zero-order valence-corrected chi connectivity index (χ0v) is 26.7. The van der Waals surface area contributed by atoms with E-state index in [-0.39, 0.29) is 0 Å². The van der Waals surface area contributed by atoms with Crippen LogP contribution in [0.2, 0.25) is 0 Å². The van der Waals surface area contributed by atoms with Gasteiger partial charge in [0.1, 0.15) is 22.3 Å². The van der Waals surface area contributed by atoms with Gasteiger partial charge in [0.25, 0.3) is 0 Å². The summed E-state index contributed by atoms with van der Waals surface area (Å²) in [6, 6.07) is 56.2. The van der Waals surface area contributed by atoms with Crippen molar-refractivity contribution < 1.29 is 8.83 Å². The van der Waals surface area contributed by atoms with Crippen LogP contribution in [0.5, 0.6) is 0 Å². The second-order valence-corrected chi connectivity index (χ2v) is 13.2. The maximum absolute atomic E-state index is 6.99. The third-order valence-corrected chi connectivity index (χ3v) is 10.7. The molecule has 232 valence electrons. The van der Waals surface area contributed by atoms with Crippen molar-refractivity contribution in [1.82, 2.24) is 9.13 Å². The molecule has 0 aliphatic rings. The summed E-state index contributed by atoms with van der Waals surface area (Å²) >= 11 is 0. The summed E-state index contributed by atoms with van der Waals surface area (Å²) in [6.07, 6.45) is 0. The van der Waals surface area contributed by atoms with Crippen LogP contribution < -0.4 is 0 Å². The van der Waals surface area contributed by atoms with Gasteiger partial charge in [0.05, 0.1) is 27.5 Å². The van der Waals surface area contributed by atoms with Crippen molar-refractivity contribution in [2.45, 2.75) is 0 Å². The maximum Gasteiger partial charge on any atom is 0.146 e. The quantitative estimate of drug-likeness (QED) is 0.189. The predicted octanol–water partition coefficient (Wildman–Crippen LogP) is 12.8. The number of hydrogen-bond acceptors (Lipinski definition) is 2. The second kappa shape index (κ2) is 9.43. The van der Waals surface area contributed by atoms with Crippen molar-refractivity contribution in [3.8, 4) is 11.4 Å². The van der Waals surface area contributed by atoms with Crippen LogP contribution in [0.3, 0.4) is 0 Å². The fourth-order valence-corrected chi connectivity index (χ4v) is 8.69. The molecular formula is C46H26N2O2. The summed E-state index contributed by atoms with van der Waals surface area (Å²) in [5, 5.41) is 11.5. The van der Waals surface area contributed by atoms with Crippen LogP contribution in [0.1, 0.15) is 0 Å². The summed E-state index contributed by atoms with van der Waals surface area (Å²) in [5.41, 5.74) is 10.4. The average molecular weight is 639 g/mol. The zero-order chi connectivity index (χ0) is 32.5. The molecule has 0 spiro atoms. The summed E-state index contributed by atoms with van der Waals surface area (Å²) < 4.78 is 18.3. The standard InChI is InChI=1S/C46H26N2O2/c1-2-12-27(13-3-1)48-37-24-22-28(47-35-18-8-4-14-29(35)30-15-5-9-19-36(30)47)26-34(37)44-45(48)33-23-25-40-41(31-16-6-10-20-38(31)49-40)42(33)43-32-17-7-11-21-39(32)50-46(43)44/h1-26H. The summed E-state index contributed by atoms with van der Waals surface area (Å²) in [6.45, 7) is 0. The molecule has 8 aromatic carbocycles. The topological polar surface area (TPSA) is 36.1 Å². The van der Waals surface area contributed by atoms with Crippen molar-refractivity contribution in [2.75, 3.05) is 0 Å². The van der Waals surface area contributed by atoms with Gasteiger partial charge in [-0.2, -0.15) is 0 Å². The highest BCUT2D eigenvalue weighted by Crippen LogP contribution is 2.49. The molecule has 4 nitrogen and oxygen atoms in total. The van der Waals surface area contributed by atoms with Gasteiger partial charge in [-0.1, -0.05) is 91.0 Å². The molecule has 0 unspecified atom stereocenters. The number of aromatic nitrogens is 2. The highest BCUT2D eigenvalue weighted by molar-refractivity contribution is 6.40. The Morgan fingerprint density at radius 3 is 1.66 bits per heavy atom. The molecule has 12 aromatic rings. The number of benzene rings is 8. The normalized spacial score (nSPS) is 12.4. The molecule has 0 radical (unpaired) electrons. The first-order chi connectivity index (χ1) is 24.8. The highest BCUT2D eigenvalue weighted by Gasteiger charge is 2.26. The molecular weight excluding hydrogens is 613 g/mol. The Morgan fingerprint density at radius 2 is 0.920 bits per heavy atom. The van der Waals surface area contributed by atoms with Gasteiger partial charge in [0.15, 0.2) is 0 Å². The van der Waals surface area contributed by atoms with E-state index in [1.54, 1.807) is 0 Å². The van der Waals surface area contributed by atoms with Crippen molar-refractivity contribution in [2.24, 2.45) is 0 Å². The lowest BCUT2D eigenvalue weighted by Gasteiger charge is -2.11. The molecule has 0 saturated heterocycles. The fourth-order valence-electron chi connectivity index (χ4n) is 8.69. The molecule has 4 heterocycles. The van der Waals surface area contributed by atoms with Crippen molar-refractivity contribution >= 4 is 98.3 Å². The Morgan fingerprint density at radius 1 is 0.320 bits per heavy atom. The van der Waals surface area contributed by atoms with Gasteiger partial charge in [0, 0.05) is 59.9 Å². The van der Waals surface area contributed by atoms with Crippen molar-refractivity contribution in [1.29, 1.82) is 0 Å². The van der Waals surface area contributed by atoms with E-state index in [0.29, 0.717) is 0 Å². The van der Waals surface area contributed by atoms with Gasteiger partial charge >= 0.3 is 0 Å². The molecule has 50 heavy (non-hydrogen) atoms. The Labute approximate surface area is 284 Å². The number of furan rings is 2. The third-order valence-electron chi connectivity index (χ3n) is 10.7. The molecule has 0 saturated carbocycles. The molecule has 0 bridgehead atoms. The molecule has 4 heteroatoms. The number of fused-ring (bicyclic) bond motifs is 17. The largest absolute Gasteiger partial charge is 0.456 e. The van der Waals surface area contributed by atoms with Gasteiger partial charge in [0.2, 0.25) is 0 Å². The molecule has 0 N–H and O–H groups in total. The second-order valence-electron chi connectivity index (χ2n) is 13.2. The summed E-state index contributed by atoms with van der Waals surface area (Å²) in [4.78, 5) is 0. The molecule has 4 aromatic heterocycles. The van der Waals surface area contributed by atoms with Gasteiger partial charge in [-0.3, -0.25) is 0 Å². The Balaban J connectivity index is 1.35. The van der Waals surface area contributed by atoms with Crippen LogP contribution in [-0.2, 0) is 0 Å². The van der Waals surface area contributed by atoms with E-state index in [9.17, 15) is 0 Å². The molecule has 0 aliphatic heterocycles.